The third kappa shape index (κ3) is 36.0. The van der Waals surface area contributed by atoms with Crippen molar-refractivity contribution in [2.24, 2.45) is 40.6 Å². The Hall–Kier alpha value is -11.4. The Bertz CT molecular complexity index is 5310. The molecule has 6 heterocycles. The third-order valence-corrected chi connectivity index (χ3v) is 19.2. The zero-order chi connectivity index (χ0) is 93.7. The minimum Gasteiger partial charge on any atom is -0.754 e. The Kier molecular flexibility index (Phi) is 46.5. The number of carboxylic acid groups (broad SMARTS) is 2. The molecule has 24 amide bonds. The first-order valence-corrected chi connectivity index (χ1v) is 40.3. The number of carboxylic acids is 2. The van der Waals surface area contributed by atoms with Crippen molar-refractivity contribution in [3.05, 3.63) is 183 Å². The number of hydrogen-bond donors (Lipinski definition) is 15. The molecular weight excluding hydrogens is 1850 g/mol. The van der Waals surface area contributed by atoms with Crippen LogP contribution in [0.1, 0.15) is 61.0 Å². The second-order valence-corrected chi connectivity index (χ2v) is 30.3. The average Bonchev–Trinajstić information content (AvgIpc) is 0.977. The number of halogens is 3. The van der Waals surface area contributed by atoms with E-state index in [0.29, 0.717) is 44.3 Å². The molecule has 12 rings (SSSR count). The molecule has 0 atom stereocenters. The standard InChI is InChI=1S/C14H17N3O4.2C12H10N2O5.C11H9Cl2N3O3.C11H11N3O5S.C11H9N2O6S.C2H5Cl.3Na.O3S/c1-17(2)10-7-8(4-5-11(10)21-3)6-9-12(18)15-14(20)16-13(9)19;2*15-9-8(10(16)14-12(19)13-9)5-6-1-3-7(4-2-6)11(17)18;12-7-2-1-5(4-8(7)16-13)3-6-9(17)14-11(19)15-10(6)18;12-20(18,19)7-3-1-6(2-4-7)5-8-9(15)13-11(17)14-10(8)16;14-9-8(10(15)13-11(16)12-9)5-6-1-3-7(4-2-6)20(17,18)19;1-2-3;;;;1-4(2)3/h4-5,7,9H,6H2,1-3H3,(H2,15,16,18,19,20);2*1-4,8H,5H2,(H,17,18)(H2,13,14,15,16,19);1-2,4,6,16H,3H2,(H2,14,15,17,18,19);1-4,8H,5H2,(H2,12,18,19)(H2,13,14,15,16,17);1,3-4,8H,5H2,(H,17,18,19)(H2,12,13,14,15,16);2H2,1H3;;;;/q;;;;;-1;;3*+1;/p-2. The van der Waals surface area contributed by atoms with E-state index in [1.165, 1.54) is 78.9 Å². The monoisotopic (exact) mass is 1920 g/mol. The van der Waals surface area contributed by atoms with Crippen molar-refractivity contribution in [3.8, 4) is 5.75 Å². The SMILES string of the molecule is CCCl.COc1ccc(CC2C(=O)NC(=O)NC2=O)cc1N(C)C.NS(=O)(=O)c1ccc(CC2C(=O)NC(=O)NC2=O)cc1.O=C1NC(=O)C(Cc2[c-]cc(S(=O)(=O)[O-])cc2)C(=O)N1.O=C1NC(=O)C(Cc2ccc(C(=O)O)cc2)C(=O)N1.O=C1NC(=O)C(Cc2ccc(C(=O)[O-])cc2)C(=O)N1.O=C1NC(=O)C(Cc2ccc(Cl)c(NCl)c2)C(=O)N1.O=S(=O)=O.[Na+].[Na+].[Na+]. The van der Waals surface area contributed by atoms with Crippen molar-refractivity contribution in [2.45, 2.75) is 55.2 Å². The molecule has 16 N–H and O–H groups in total. The second-order valence-electron chi connectivity index (χ2n) is 25.8. The maximum atomic E-state index is 11.7. The molecule has 0 unspecified atom stereocenters. The van der Waals surface area contributed by atoms with Crippen molar-refractivity contribution in [1.82, 2.24) is 63.8 Å². The summed E-state index contributed by atoms with van der Waals surface area (Å²) in [6, 6.07) is 28.2. The van der Waals surface area contributed by atoms with Crippen LogP contribution in [0.25, 0.3) is 0 Å². The molecule has 0 bridgehead atoms. The van der Waals surface area contributed by atoms with E-state index in [1.807, 2.05) is 85.2 Å². The van der Waals surface area contributed by atoms with Crippen LogP contribution in [-0.2, 0) is 127 Å². The number of barbiturate groups is 6. The number of aromatic carboxylic acids is 2. The summed E-state index contributed by atoms with van der Waals surface area (Å²) in [5.41, 5.74) is 5.14. The fraction of sp³-hybridized carbons (Fsp3) is 0.233. The Morgan fingerprint density at radius 2 is 0.727 bits per heavy atom. The smallest absolute Gasteiger partial charge is 0.754 e. The number of primary sulfonamides is 1. The Balaban J connectivity index is 0.000000510. The number of sulfonamides is 1. The van der Waals surface area contributed by atoms with Crippen molar-refractivity contribution < 1.29 is 234 Å². The number of alkyl halides is 1. The van der Waals surface area contributed by atoms with Gasteiger partial charge >= 0.3 is 141 Å². The first-order chi connectivity index (χ1) is 58.5. The molecule has 6 aromatic rings. The number of anilines is 2. The Labute approximate surface area is 807 Å². The van der Waals surface area contributed by atoms with E-state index < -0.39 is 190 Å². The van der Waals surface area contributed by atoms with E-state index in [1.54, 1.807) is 37.4 Å². The largest absolute Gasteiger partial charge is 1.00 e. The zero-order valence-electron chi connectivity index (χ0n) is 67.6. The summed E-state index contributed by atoms with van der Waals surface area (Å²) in [5.74, 6) is -14.8. The quantitative estimate of drug-likeness (QED) is 0.00894. The Morgan fingerprint density at radius 3 is 0.984 bits per heavy atom. The number of methoxy groups -OCH3 is 1. The van der Waals surface area contributed by atoms with Gasteiger partial charge in [0.25, 0.3) is 0 Å². The van der Waals surface area contributed by atoms with Gasteiger partial charge in [-0.1, -0.05) is 84.1 Å². The first kappa shape index (κ1) is 113. The molecule has 6 aromatic carbocycles. The van der Waals surface area contributed by atoms with E-state index in [2.05, 4.69) is 21.5 Å². The third-order valence-electron chi connectivity index (χ3n) is 16.9. The number of carbonyl (C=O) groups is 20. The predicted molar refractivity (Wildman–Crippen MR) is 423 cm³/mol. The van der Waals surface area contributed by atoms with E-state index >= 15 is 0 Å². The van der Waals surface area contributed by atoms with Gasteiger partial charge in [0.1, 0.15) is 41.3 Å². The molecule has 0 saturated carbocycles. The summed E-state index contributed by atoms with van der Waals surface area (Å²) >= 11 is 16.3. The summed E-state index contributed by atoms with van der Waals surface area (Å²) in [5, 5.41) is 48.8. The van der Waals surface area contributed by atoms with Crippen molar-refractivity contribution in [1.29, 1.82) is 0 Å². The minimum atomic E-state index is -4.57. The van der Waals surface area contributed by atoms with Crippen LogP contribution in [0.4, 0.5) is 40.1 Å². The van der Waals surface area contributed by atoms with Crippen LogP contribution in [0.2, 0.25) is 5.02 Å². The van der Waals surface area contributed by atoms with Crippen molar-refractivity contribution in [3.63, 3.8) is 0 Å². The fourth-order valence-electron chi connectivity index (χ4n) is 10.9. The summed E-state index contributed by atoms with van der Waals surface area (Å²) in [4.78, 5) is 229. The molecule has 46 nitrogen and oxygen atoms in total. The topological polar surface area (TPSA) is 722 Å². The predicted octanol–water partition coefficient (Wildman–Crippen LogP) is -10.8. The maximum Gasteiger partial charge on any atom is 1.00 e. The summed E-state index contributed by atoms with van der Waals surface area (Å²) in [6.45, 7) is 1.89. The number of benzene rings is 6. The first-order valence-electron chi connectivity index (χ1n) is 35.0. The molecule has 6 aliphatic heterocycles. The van der Waals surface area contributed by atoms with Crippen LogP contribution >= 0.6 is 35.0 Å². The molecule has 0 aliphatic carbocycles. The van der Waals surface area contributed by atoms with E-state index in [-0.39, 0.29) is 143 Å². The summed E-state index contributed by atoms with van der Waals surface area (Å²) in [6.07, 6.45) is 0.534. The number of imide groups is 12. The van der Waals surface area contributed by atoms with Crippen LogP contribution in [0.5, 0.6) is 5.75 Å². The van der Waals surface area contributed by atoms with Gasteiger partial charge in [0.05, 0.1) is 50.1 Å². The molecular formula is C73H69Cl3N15Na3O31S3. The van der Waals surface area contributed by atoms with Crippen molar-refractivity contribution in [2.75, 3.05) is 36.8 Å². The molecule has 6 saturated heterocycles. The van der Waals surface area contributed by atoms with Gasteiger partial charge in [-0.05, 0) is 120 Å². The molecule has 6 aliphatic rings. The van der Waals surface area contributed by atoms with Gasteiger partial charge in [0.2, 0.25) is 80.9 Å². The summed E-state index contributed by atoms with van der Waals surface area (Å²) in [7, 11) is -6.13. The maximum absolute atomic E-state index is 11.7. The van der Waals surface area contributed by atoms with Gasteiger partial charge in [-0.3, -0.25) is 135 Å². The molecule has 55 heteroatoms. The molecule has 664 valence electrons. The number of nitrogens with one attached hydrogen (secondary N) is 13. The number of ether oxygens (including phenoxy) is 1. The molecule has 0 spiro atoms. The number of hydrogen-bond acceptors (Lipinski definition) is 32. The van der Waals surface area contributed by atoms with Crippen LogP contribution in [0, 0.1) is 41.6 Å². The zero-order valence-corrected chi connectivity index (χ0v) is 78.3. The molecule has 0 aromatic heterocycles. The normalized spacial score (nSPS) is 15.2. The van der Waals surface area contributed by atoms with Gasteiger partial charge in [0, 0.05) is 31.8 Å². The number of nitrogens with two attached hydrogens (primary N) is 1. The molecule has 0 radical (unpaired) electrons. The van der Waals surface area contributed by atoms with Gasteiger partial charge in [-0.25, -0.2) is 47.1 Å². The average molecular weight is 1920 g/mol. The second kappa shape index (κ2) is 52.8. The fourth-order valence-corrected chi connectivity index (χ4v) is 12.2. The number of amides is 24. The number of carbonyl (C=O) groups excluding carboxylic acids is 19. The van der Waals surface area contributed by atoms with Crippen LogP contribution in [0.15, 0.2) is 137 Å². The van der Waals surface area contributed by atoms with Crippen LogP contribution in [-0.4, -0.2) is 185 Å². The van der Waals surface area contributed by atoms with Crippen LogP contribution < -0.4 is 177 Å². The van der Waals surface area contributed by atoms with Gasteiger partial charge in [-0.2, -0.15) is 29.8 Å². The van der Waals surface area contributed by atoms with Gasteiger partial charge < -0.3 is 29.2 Å². The minimum absolute atomic E-state index is 0. The number of nitrogens with zero attached hydrogens (tertiary/aromatic N) is 1. The van der Waals surface area contributed by atoms with Gasteiger partial charge in [-0.15, -0.1) is 24.2 Å². The summed E-state index contributed by atoms with van der Waals surface area (Å²) < 4.78 is 85.0. The van der Waals surface area contributed by atoms with Crippen molar-refractivity contribution >= 4 is 196 Å². The van der Waals surface area contributed by atoms with E-state index in [4.69, 9.17) is 62.6 Å². The molecule has 128 heavy (non-hydrogen) atoms. The Morgan fingerprint density at radius 1 is 0.461 bits per heavy atom. The van der Waals surface area contributed by atoms with Gasteiger partial charge in [0.15, 0.2) is 0 Å². The van der Waals surface area contributed by atoms with E-state index in [9.17, 15) is 122 Å². The van der Waals surface area contributed by atoms with Crippen LogP contribution in [0.3, 0.4) is 0 Å². The van der Waals surface area contributed by atoms with E-state index in [0.717, 1.165) is 29.3 Å². The number of urea groups is 6. The number of rotatable bonds is 19. The molecule has 6 fully saturated rings.